The van der Waals surface area contributed by atoms with Gasteiger partial charge in [0.2, 0.25) is 5.91 Å². The van der Waals surface area contributed by atoms with Crippen molar-refractivity contribution in [3.63, 3.8) is 0 Å². The number of rotatable bonds is 2. The van der Waals surface area contributed by atoms with E-state index in [0.717, 1.165) is 19.4 Å². The van der Waals surface area contributed by atoms with Gasteiger partial charge in [0, 0.05) is 25.0 Å². The zero-order chi connectivity index (χ0) is 17.1. The lowest BCUT2D eigenvalue weighted by Gasteiger charge is -2.39. The van der Waals surface area contributed by atoms with Crippen LogP contribution in [0.2, 0.25) is 0 Å². The fourth-order valence-electron chi connectivity index (χ4n) is 5.11. The SMILES string of the molecule is CC1(C)CC2CC(C)(CN2C(=O)Cc2cn3cc(F)ccc3n2)C1. The number of amides is 1. The Labute approximate surface area is 141 Å². The van der Waals surface area contributed by atoms with E-state index in [2.05, 4.69) is 30.7 Å². The summed E-state index contributed by atoms with van der Waals surface area (Å²) < 4.78 is 14.9. The lowest BCUT2D eigenvalue weighted by Crippen LogP contribution is -2.38. The molecule has 4 rings (SSSR count). The molecule has 5 heteroatoms. The highest BCUT2D eigenvalue weighted by Crippen LogP contribution is 2.52. The molecule has 2 bridgehead atoms. The summed E-state index contributed by atoms with van der Waals surface area (Å²) in [4.78, 5) is 19.4. The summed E-state index contributed by atoms with van der Waals surface area (Å²) in [7, 11) is 0. The van der Waals surface area contributed by atoms with E-state index in [9.17, 15) is 9.18 Å². The minimum atomic E-state index is -0.304. The second-order valence-electron chi connectivity index (χ2n) is 8.76. The molecule has 0 radical (unpaired) electrons. The quantitative estimate of drug-likeness (QED) is 0.846. The number of hydrogen-bond acceptors (Lipinski definition) is 2. The minimum Gasteiger partial charge on any atom is -0.339 e. The Morgan fingerprint density at radius 3 is 2.88 bits per heavy atom. The Morgan fingerprint density at radius 1 is 1.29 bits per heavy atom. The Balaban J connectivity index is 1.54. The molecule has 2 aromatic heterocycles. The number of carbonyl (C=O) groups excluding carboxylic acids is 1. The first-order valence-corrected chi connectivity index (χ1v) is 8.66. The third kappa shape index (κ3) is 2.70. The Morgan fingerprint density at radius 2 is 2.08 bits per heavy atom. The summed E-state index contributed by atoms with van der Waals surface area (Å²) in [6.07, 6.45) is 6.79. The molecule has 1 saturated heterocycles. The number of fused-ring (bicyclic) bond motifs is 3. The summed E-state index contributed by atoms with van der Waals surface area (Å²) in [6.45, 7) is 7.77. The molecule has 1 aliphatic heterocycles. The number of nitrogens with zero attached hydrogens (tertiary/aromatic N) is 3. The summed E-state index contributed by atoms with van der Waals surface area (Å²) in [5, 5.41) is 0. The van der Waals surface area contributed by atoms with Gasteiger partial charge in [0.25, 0.3) is 0 Å². The van der Waals surface area contributed by atoms with Crippen LogP contribution in [0.5, 0.6) is 0 Å². The van der Waals surface area contributed by atoms with Crippen LogP contribution < -0.4 is 0 Å². The van der Waals surface area contributed by atoms with Crippen molar-refractivity contribution < 1.29 is 9.18 Å². The van der Waals surface area contributed by atoms with E-state index in [0.29, 0.717) is 22.8 Å². The zero-order valence-corrected chi connectivity index (χ0v) is 14.6. The first kappa shape index (κ1) is 15.6. The third-order valence-electron chi connectivity index (χ3n) is 5.53. The minimum absolute atomic E-state index is 0.144. The number of imidazole rings is 1. The van der Waals surface area contributed by atoms with Crippen LogP contribution in [-0.4, -0.2) is 32.8 Å². The van der Waals surface area contributed by atoms with E-state index in [4.69, 9.17) is 0 Å². The van der Waals surface area contributed by atoms with E-state index >= 15 is 0 Å². The molecule has 1 aliphatic carbocycles. The molecule has 4 nitrogen and oxygen atoms in total. The molecular formula is C19H24FN3O. The van der Waals surface area contributed by atoms with Crippen molar-refractivity contribution >= 4 is 11.6 Å². The molecule has 3 heterocycles. The molecule has 128 valence electrons. The highest BCUT2D eigenvalue weighted by atomic mass is 19.1. The lowest BCUT2D eigenvalue weighted by atomic mass is 9.65. The Kier molecular flexibility index (Phi) is 3.28. The van der Waals surface area contributed by atoms with Gasteiger partial charge in [-0.1, -0.05) is 20.8 Å². The molecule has 2 atom stereocenters. The number of halogens is 1. The fraction of sp³-hybridized carbons (Fsp3) is 0.579. The van der Waals surface area contributed by atoms with Crippen molar-refractivity contribution in [2.75, 3.05) is 6.54 Å². The van der Waals surface area contributed by atoms with Crippen molar-refractivity contribution in [1.29, 1.82) is 0 Å². The second kappa shape index (κ2) is 5.04. The molecule has 0 spiro atoms. The van der Waals surface area contributed by atoms with Gasteiger partial charge in [-0.05, 0) is 42.2 Å². The van der Waals surface area contributed by atoms with Gasteiger partial charge in [-0.2, -0.15) is 0 Å². The van der Waals surface area contributed by atoms with Crippen LogP contribution in [0.25, 0.3) is 5.65 Å². The van der Waals surface area contributed by atoms with E-state index in [1.54, 1.807) is 16.7 Å². The van der Waals surface area contributed by atoms with Crippen LogP contribution >= 0.6 is 0 Å². The highest BCUT2D eigenvalue weighted by Gasteiger charge is 2.50. The maximum atomic E-state index is 13.3. The topological polar surface area (TPSA) is 37.6 Å². The van der Waals surface area contributed by atoms with Gasteiger partial charge in [-0.25, -0.2) is 9.37 Å². The van der Waals surface area contributed by atoms with E-state index in [-0.39, 0.29) is 23.6 Å². The summed E-state index contributed by atoms with van der Waals surface area (Å²) >= 11 is 0. The normalized spacial score (nSPS) is 28.5. The molecule has 0 N–H and O–H groups in total. The van der Waals surface area contributed by atoms with Crippen molar-refractivity contribution in [2.24, 2.45) is 10.8 Å². The average Bonchev–Trinajstić information content (AvgIpc) is 2.94. The number of likely N-dealkylation sites (tertiary alicyclic amines) is 1. The smallest absolute Gasteiger partial charge is 0.228 e. The van der Waals surface area contributed by atoms with E-state index in [1.807, 2.05) is 0 Å². The molecule has 2 aromatic rings. The predicted molar refractivity (Wildman–Crippen MR) is 90.1 cm³/mol. The summed E-state index contributed by atoms with van der Waals surface area (Å²) in [5.74, 6) is -0.161. The van der Waals surface area contributed by atoms with Crippen LogP contribution in [0.3, 0.4) is 0 Å². The summed E-state index contributed by atoms with van der Waals surface area (Å²) in [6, 6.07) is 3.37. The second-order valence-corrected chi connectivity index (χ2v) is 8.76. The monoisotopic (exact) mass is 329 g/mol. The molecular weight excluding hydrogens is 305 g/mol. The van der Waals surface area contributed by atoms with Crippen molar-refractivity contribution in [3.8, 4) is 0 Å². The third-order valence-corrected chi connectivity index (χ3v) is 5.53. The maximum absolute atomic E-state index is 13.3. The Bertz CT molecular complexity index is 812. The first-order chi connectivity index (χ1) is 11.2. The average molecular weight is 329 g/mol. The predicted octanol–water partition coefficient (Wildman–Crippen LogP) is 3.44. The number of hydrogen-bond donors (Lipinski definition) is 0. The summed E-state index contributed by atoms with van der Waals surface area (Å²) in [5.41, 5.74) is 1.92. The molecule has 24 heavy (non-hydrogen) atoms. The highest BCUT2D eigenvalue weighted by molar-refractivity contribution is 5.79. The largest absolute Gasteiger partial charge is 0.339 e. The number of pyridine rings is 1. The fourth-order valence-corrected chi connectivity index (χ4v) is 5.11. The van der Waals surface area contributed by atoms with Gasteiger partial charge >= 0.3 is 0 Å². The van der Waals surface area contributed by atoms with E-state index in [1.165, 1.54) is 18.7 Å². The van der Waals surface area contributed by atoms with Crippen molar-refractivity contribution in [2.45, 2.75) is 52.5 Å². The molecule has 2 unspecified atom stereocenters. The van der Waals surface area contributed by atoms with Gasteiger partial charge in [0.15, 0.2) is 0 Å². The standard InChI is InChI=1S/C19H24FN3O/c1-18(2)7-15-8-19(3,11-18)12-23(15)17(24)6-14-10-22-9-13(20)4-5-16(22)21-14/h4-5,9-10,15H,6-8,11-12H2,1-3H3. The lowest BCUT2D eigenvalue weighted by molar-refractivity contribution is -0.131. The number of aromatic nitrogens is 2. The number of carbonyl (C=O) groups is 1. The van der Waals surface area contributed by atoms with Gasteiger partial charge in [0.1, 0.15) is 11.5 Å². The molecule has 2 aliphatic rings. The van der Waals surface area contributed by atoms with Crippen molar-refractivity contribution in [3.05, 3.63) is 36.0 Å². The molecule has 2 fully saturated rings. The van der Waals surface area contributed by atoms with E-state index < -0.39 is 0 Å². The first-order valence-electron chi connectivity index (χ1n) is 8.66. The van der Waals surface area contributed by atoms with Crippen LogP contribution in [0.4, 0.5) is 4.39 Å². The Hall–Kier alpha value is -1.91. The van der Waals surface area contributed by atoms with Gasteiger partial charge in [-0.3, -0.25) is 4.79 Å². The zero-order valence-electron chi connectivity index (χ0n) is 14.6. The van der Waals surface area contributed by atoms with Crippen LogP contribution in [-0.2, 0) is 11.2 Å². The van der Waals surface area contributed by atoms with Crippen LogP contribution in [0.1, 0.15) is 45.7 Å². The maximum Gasteiger partial charge on any atom is 0.228 e. The molecule has 0 aromatic carbocycles. The van der Waals surface area contributed by atoms with Crippen molar-refractivity contribution in [1.82, 2.24) is 14.3 Å². The van der Waals surface area contributed by atoms with Crippen LogP contribution in [0, 0.1) is 16.6 Å². The van der Waals surface area contributed by atoms with Gasteiger partial charge in [0.05, 0.1) is 12.1 Å². The van der Waals surface area contributed by atoms with Crippen LogP contribution in [0.15, 0.2) is 24.5 Å². The molecule has 1 amide bonds. The molecule has 1 saturated carbocycles. The van der Waals surface area contributed by atoms with Gasteiger partial charge in [-0.15, -0.1) is 0 Å². The van der Waals surface area contributed by atoms with Gasteiger partial charge < -0.3 is 9.30 Å².